The van der Waals surface area contributed by atoms with Crippen LogP contribution in [0.15, 0.2) is 12.2 Å². The van der Waals surface area contributed by atoms with Gasteiger partial charge in [0, 0.05) is 0 Å². The molecule has 0 saturated carbocycles. The molecule has 0 radical (unpaired) electrons. The van der Waals surface area contributed by atoms with Crippen LogP contribution in [-0.4, -0.2) is 28.7 Å². The number of aliphatic hydroxyl groups is 1. The third-order valence-electron chi connectivity index (χ3n) is 2.10. The number of fused-ring (bicyclic) bond motifs is 1. The van der Waals surface area contributed by atoms with Gasteiger partial charge in [-0.05, 0) is 19.1 Å². The zero-order valence-electron chi connectivity index (χ0n) is 5.57. The Hall–Kier alpha value is -0.670. The lowest BCUT2D eigenvalue weighted by atomic mass is 9.93. The summed E-state index contributed by atoms with van der Waals surface area (Å²) < 4.78 is 5.03. The zero-order valence-corrected chi connectivity index (χ0v) is 5.57. The van der Waals surface area contributed by atoms with E-state index in [0.717, 1.165) is 0 Å². The number of ether oxygens (including phenoxy) is 1. The lowest BCUT2D eigenvalue weighted by Crippen LogP contribution is -2.31. The highest BCUT2D eigenvalue weighted by Gasteiger charge is 2.61. The second-order valence-corrected chi connectivity index (χ2v) is 2.86. The summed E-state index contributed by atoms with van der Waals surface area (Å²) in [5.74, 6) is -0.0391. The molecule has 3 atom stereocenters. The third kappa shape index (κ3) is 0.540. The second kappa shape index (κ2) is 1.49. The van der Waals surface area contributed by atoms with Crippen LogP contribution < -0.4 is 0 Å². The van der Waals surface area contributed by atoms with E-state index in [1.54, 1.807) is 6.92 Å². The van der Waals surface area contributed by atoms with Gasteiger partial charge in [0.1, 0.15) is 12.2 Å². The van der Waals surface area contributed by atoms with Crippen molar-refractivity contribution < 1.29 is 14.6 Å². The fourth-order valence-corrected chi connectivity index (χ4v) is 1.28. The number of carbonyl (C=O) groups excluding carboxylic acids is 1. The summed E-state index contributed by atoms with van der Waals surface area (Å²) >= 11 is 0. The lowest BCUT2D eigenvalue weighted by molar-refractivity contribution is -0.119. The smallest absolute Gasteiger partial charge is 0.189 e. The summed E-state index contributed by atoms with van der Waals surface area (Å²) in [4.78, 5) is 11.0. The average Bonchev–Trinajstić information content (AvgIpc) is 2.56. The Bertz CT molecular complexity index is 221. The largest absolute Gasteiger partial charge is 0.386 e. The van der Waals surface area contributed by atoms with Crippen molar-refractivity contribution in [3.8, 4) is 0 Å². The molecular weight excluding hydrogens is 132 g/mol. The van der Waals surface area contributed by atoms with Crippen LogP contribution in [0.25, 0.3) is 0 Å². The van der Waals surface area contributed by atoms with Crippen LogP contribution in [0.5, 0.6) is 0 Å². The topological polar surface area (TPSA) is 49.8 Å². The van der Waals surface area contributed by atoms with Gasteiger partial charge >= 0.3 is 0 Å². The first-order chi connectivity index (χ1) is 4.64. The van der Waals surface area contributed by atoms with Gasteiger partial charge in [-0.3, -0.25) is 4.79 Å². The van der Waals surface area contributed by atoms with E-state index < -0.39 is 11.7 Å². The molecule has 3 nitrogen and oxygen atoms in total. The van der Waals surface area contributed by atoms with Crippen LogP contribution in [0, 0.1) is 0 Å². The van der Waals surface area contributed by atoms with Crippen molar-refractivity contribution in [1.82, 2.24) is 0 Å². The van der Waals surface area contributed by atoms with Crippen molar-refractivity contribution in [2.75, 3.05) is 0 Å². The molecule has 0 bridgehead atoms. The lowest BCUT2D eigenvalue weighted by Gasteiger charge is -2.08. The number of rotatable bonds is 0. The number of ketones is 1. The van der Waals surface area contributed by atoms with E-state index >= 15 is 0 Å². The Morgan fingerprint density at radius 2 is 2.50 bits per heavy atom. The molecule has 0 spiro atoms. The molecule has 1 heterocycles. The molecule has 0 aromatic rings. The van der Waals surface area contributed by atoms with Crippen LogP contribution in [0.1, 0.15) is 6.92 Å². The zero-order chi connectivity index (χ0) is 7.35. The number of epoxide rings is 1. The summed E-state index contributed by atoms with van der Waals surface area (Å²) in [5.41, 5.74) is -0.700. The minimum Gasteiger partial charge on any atom is -0.386 e. The van der Waals surface area contributed by atoms with E-state index in [9.17, 15) is 4.79 Å². The van der Waals surface area contributed by atoms with Gasteiger partial charge in [0.15, 0.2) is 11.4 Å². The van der Waals surface area contributed by atoms with Crippen LogP contribution in [0.4, 0.5) is 0 Å². The van der Waals surface area contributed by atoms with Crippen molar-refractivity contribution in [3.05, 3.63) is 12.2 Å². The molecule has 0 unspecified atom stereocenters. The van der Waals surface area contributed by atoms with E-state index in [4.69, 9.17) is 9.84 Å². The Balaban J connectivity index is 2.33. The first-order valence-corrected chi connectivity index (χ1v) is 3.23. The average molecular weight is 140 g/mol. The predicted molar refractivity (Wildman–Crippen MR) is 33.4 cm³/mol. The predicted octanol–water partition coefficient (Wildman–Crippen LogP) is -0.356. The van der Waals surface area contributed by atoms with E-state index in [1.807, 2.05) is 0 Å². The number of hydrogen-bond acceptors (Lipinski definition) is 3. The molecule has 2 aliphatic rings. The highest BCUT2D eigenvalue weighted by Crippen LogP contribution is 2.42. The van der Waals surface area contributed by atoms with Gasteiger partial charge in [-0.15, -0.1) is 0 Å². The first-order valence-electron chi connectivity index (χ1n) is 3.23. The van der Waals surface area contributed by atoms with Gasteiger partial charge in [0.05, 0.1) is 0 Å². The summed E-state index contributed by atoms with van der Waals surface area (Å²) in [7, 11) is 0. The Morgan fingerprint density at radius 1 is 1.80 bits per heavy atom. The van der Waals surface area contributed by atoms with Crippen molar-refractivity contribution in [3.63, 3.8) is 0 Å². The number of carbonyl (C=O) groups is 1. The van der Waals surface area contributed by atoms with Crippen LogP contribution in [-0.2, 0) is 9.53 Å². The summed E-state index contributed by atoms with van der Waals surface area (Å²) in [6, 6.07) is 0. The monoisotopic (exact) mass is 140 g/mol. The molecule has 3 heteroatoms. The van der Waals surface area contributed by atoms with Crippen molar-refractivity contribution in [2.24, 2.45) is 0 Å². The van der Waals surface area contributed by atoms with E-state index in [-0.39, 0.29) is 11.9 Å². The minimum atomic E-state index is -0.700. The standard InChI is InChI=1S/C7H8O3/c1-7-5(9)3-2-4(8)6(7)10-7/h2-4,6,8H,1H3/t4-,6+,7-/m0/s1. The van der Waals surface area contributed by atoms with Crippen molar-refractivity contribution in [1.29, 1.82) is 0 Å². The SMILES string of the molecule is C[C@@]12O[C@@H]1[C@@H](O)C=CC2=O. The summed E-state index contributed by atoms with van der Waals surface area (Å²) in [5, 5.41) is 9.14. The fraction of sp³-hybridized carbons (Fsp3) is 0.571. The molecular formula is C7H8O3. The van der Waals surface area contributed by atoms with Gasteiger partial charge in [-0.25, -0.2) is 0 Å². The van der Waals surface area contributed by atoms with E-state index in [1.165, 1.54) is 12.2 Å². The molecule has 0 aromatic heterocycles. The molecule has 1 saturated heterocycles. The number of hydrogen-bond donors (Lipinski definition) is 1. The maximum Gasteiger partial charge on any atom is 0.189 e. The maximum atomic E-state index is 11.0. The molecule has 2 rings (SSSR count). The molecule has 1 fully saturated rings. The molecule has 0 aromatic carbocycles. The van der Waals surface area contributed by atoms with Crippen LogP contribution >= 0.6 is 0 Å². The molecule has 1 aliphatic heterocycles. The van der Waals surface area contributed by atoms with Crippen molar-refractivity contribution in [2.45, 2.75) is 24.7 Å². The van der Waals surface area contributed by atoms with Gasteiger partial charge in [0.25, 0.3) is 0 Å². The van der Waals surface area contributed by atoms with Gasteiger partial charge in [-0.2, -0.15) is 0 Å². The quantitative estimate of drug-likeness (QED) is 0.467. The molecule has 54 valence electrons. The second-order valence-electron chi connectivity index (χ2n) is 2.86. The van der Waals surface area contributed by atoms with Gasteiger partial charge in [-0.1, -0.05) is 0 Å². The minimum absolute atomic E-state index is 0.0391. The normalized spacial score (nSPS) is 50.8. The molecule has 1 N–H and O–H groups in total. The summed E-state index contributed by atoms with van der Waals surface area (Å²) in [6.07, 6.45) is 1.98. The molecule has 1 aliphatic carbocycles. The van der Waals surface area contributed by atoms with E-state index in [0.29, 0.717) is 0 Å². The Morgan fingerprint density at radius 3 is 3.10 bits per heavy atom. The van der Waals surface area contributed by atoms with Crippen LogP contribution in [0.2, 0.25) is 0 Å². The Kier molecular flexibility index (Phi) is 0.904. The fourth-order valence-electron chi connectivity index (χ4n) is 1.28. The summed E-state index contributed by atoms with van der Waals surface area (Å²) in [6.45, 7) is 1.70. The third-order valence-corrected chi connectivity index (χ3v) is 2.10. The maximum absolute atomic E-state index is 11.0. The van der Waals surface area contributed by atoms with Crippen LogP contribution in [0.3, 0.4) is 0 Å². The molecule has 0 amide bonds. The van der Waals surface area contributed by atoms with E-state index in [2.05, 4.69) is 0 Å². The number of aliphatic hydroxyl groups excluding tert-OH is 1. The first kappa shape index (κ1) is 6.07. The van der Waals surface area contributed by atoms with Crippen molar-refractivity contribution >= 4 is 5.78 Å². The highest BCUT2D eigenvalue weighted by atomic mass is 16.6. The molecule has 10 heavy (non-hydrogen) atoms. The van der Waals surface area contributed by atoms with Gasteiger partial charge < -0.3 is 9.84 Å². The highest BCUT2D eigenvalue weighted by molar-refractivity contribution is 6.00. The van der Waals surface area contributed by atoms with Gasteiger partial charge in [0.2, 0.25) is 0 Å². The Labute approximate surface area is 58.3 Å².